The summed E-state index contributed by atoms with van der Waals surface area (Å²) in [6.45, 7) is 0.642. The van der Waals surface area contributed by atoms with E-state index >= 15 is 0 Å². The highest BCUT2D eigenvalue weighted by molar-refractivity contribution is 6.08. The van der Waals surface area contributed by atoms with E-state index in [9.17, 15) is 14.4 Å². The molecule has 1 aliphatic heterocycles. The largest absolute Gasteiger partial charge is 0.496 e. The minimum Gasteiger partial charge on any atom is -0.496 e. The molecule has 1 fully saturated rings. The highest BCUT2D eigenvalue weighted by Gasteiger charge is 2.30. The van der Waals surface area contributed by atoms with Crippen molar-refractivity contribution in [1.29, 1.82) is 0 Å². The van der Waals surface area contributed by atoms with Gasteiger partial charge < -0.3 is 19.4 Å². The number of hydrogen-bond donors (Lipinski definition) is 1. The second kappa shape index (κ2) is 9.04. The van der Waals surface area contributed by atoms with E-state index in [0.717, 1.165) is 16.5 Å². The number of ether oxygens (including phenoxy) is 2. The predicted molar refractivity (Wildman–Crippen MR) is 115 cm³/mol. The first-order chi connectivity index (χ1) is 15.1. The number of esters is 1. The quantitative estimate of drug-likeness (QED) is 0.487. The lowest BCUT2D eigenvalue weighted by Crippen LogP contribution is -2.41. The van der Waals surface area contributed by atoms with Gasteiger partial charge in [-0.15, -0.1) is 0 Å². The number of aromatic nitrogens is 1. The lowest BCUT2D eigenvalue weighted by Gasteiger charge is -2.31. The molecule has 7 heteroatoms. The number of fused-ring (bicyclic) bond motifs is 1. The van der Waals surface area contributed by atoms with E-state index in [4.69, 9.17) is 9.47 Å². The van der Waals surface area contributed by atoms with Crippen LogP contribution in [0.4, 0.5) is 0 Å². The van der Waals surface area contributed by atoms with Crippen molar-refractivity contribution in [3.63, 3.8) is 0 Å². The Labute approximate surface area is 179 Å². The van der Waals surface area contributed by atoms with Crippen molar-refractivity contribution in [3.8, 4) is 5.75 Å². The second-order valence-electron chi connectivity index (χ2n) is 7.54. The molecule has 31 heavy (non-hydrogen) atoms. The Balaban J connectivity index is 1.37. The highest BCUT2D eigenvalue weighted by atomic mass is 16.5. The lowest BCUT2D eigenvalue weighted by atomic mass is 9.95. The maximum Gasteiger partial charge on any atom is 0.309 e. The second-order valence-corrected chi connectivity index (χ2v) is 7.54. The molecule has 4 rings (SSSR count). The Morgan fingerprint density at radius 1 is 1.00 bits per heavy atom. The van der Waals surface area contributed by atoms with Crippen molar-refractivity contribution >= 4 is 28.4 Å². The molecule has 2 aromatic carbocycles. The molecule has 7 nitrogen and oxygen atoms in total. The third-order valence-electron chi connectivity index (χ3n) is 5.69. The number of H-pyrrole nitrogens is 1. The summed E-state index contributed by atoms with van der Waals surface area (Å²) in [6, 6.07) is 14.6. The zero-order chi connectivity index (χ0) is 21.8. The van der Waals surface area contributed by atoms with E-state index in [1.54, 1.807) is 42.5 Å². The summed E-state index contributed by atoms with van der Waals surface area (Å²) < 4.78 is 10.6. The zero-order valence-corrected chi connectivity index (χ0v) is 17.3. The number of carbonyl (C=O) groups is 3. The number of methoxy groups -OCH3 is 1. The molecule has 0 spiro atoms. The summed E-state index contributed by atoms with van der Waals surface area (Å²) >= 11 is 0. The van der Waals surface area contributed by atoms with Crippen molar-refractivity contribution < 1.29 is 23.9 Å². The van der Waals surface area contributed by atoms with Crippen LogP contribution in [0, 0.1) is 5.92 Å². The number of piperidine rings is 1. The van der Waals surface area contributed by atoms with Crippen LogP contribution in [0.3, 0.4) is 0 Å². The molecule has 0 aliphatic carbocycles. The van der Waals surface area contributed by atoms with Crippen molar-refractivity contribution in [2.24, 2.45) is 5.92 Å². The van der Waals surface area contributed by atoms with E-state index in [1.165, 1.54) is 0 Å². The van der Waals surface area contributed by atoms with E-state index in [1.807, 2.05) is 24.3 Å². The van der Waals surface area contributed by atoms with E-state index in [-0.39, 0.29) is 30.2 Å². The molecule has 1 aliphatic rings. The van der Waals surface area contributed by atoms with Crippen LogP contribution in [0.15, 0.2) is 54.7 Å². The number of ketones is 1. The standard InChI is InChI=1S/C24H24N2O5/c1-30-22-9-8-19(17-5-2-3-6-18(17)22)23(28)26-13-10-16(11-14-26)24(29)31-15-21(27)20-7-4-12-25-20/h2-9,12,16,25H,10-11,13-15H2,1H3. The number of nitrogens with one attached hydrogen (secondary N) is 1. The van der Waals surface area contributed by atoms with Gasteiger partial charge in [0.1, 0.15) is 5.75 Å². The summed E-state index contributed by atoms with van der Waals surface area (Å²) in [5.41, 5.74) is 1.04. The molecular formula is C24H24N2O5. The van der Waals surface area contributed by atoms with Gasteiger partial charge in [-0.25, -0.2) is 0 Å². The first-order valence-corrected chi connectivity index (χ1v) is 10.3. The smallest absolute Gasteiger partial charge is 0.309 e. The number of benzene rings is 2. The fraction of sp³-hybridized carbons (Fsp3) is 0.292. The number of likely N-dealkylation sites (tertiary alicyclic amines) is 1. The number of Topliss-reactive ketones (excluding diaryl/α,β-unsaturated/α-hetero) is 1. The van der Waals surface area contributed by atoms with Gasteiger partial charge in [-0.3, -0.25) is 14.4 Å². The monoisotopic (exact) mass is 420 g/mol. The molecule has 160 valence electrons. The zero-order valence-electron chi connectivity index (χ0n) is 17.3. The van der Waals surface area contributed by atoms with Crippen LogP contribution in [0.25, 0.3) is 10.8 Å². The van der Waals surface area contributed by atoms with Crippen molar-refractivity contribution in [3.05, 3.63) is 66.0 Å². The molecule has 0 unspecified atom stereocenters. The molecule has 2 heterocycles. The average molecular weight is 420 g/mol. The van der Waals surface area contributed by atoms with Crippen LogP contribution in [0.5, 0.6) is 5.75 Å². The van der Waals surface area contributed by atoms with Gasteiger partial charge in [-0.05, 0) is 42.5 Å². The molecule has 1 N–H and O–H groups in total. The topological polar surface area (TPSA) is 88.7 Å². The number of amides is 1. The van der Waals surface area contributed by atoms with E-state index in [0.29, 0.717) is 37.2 Å². The summed E-state index contributed by atoms with van der Waals surface area (Å²) in [6.07, 6.45) is 2.67. The van der Waals surface area contributed by atoms with Gasteiger partial charge in [0.2, 0.25) is 5.78 Å². The van der Waals surface area contributed by atoms with Gasteiger partial charge in [-0.1, -0.05) is 24.3 Å². The number of aromatic amines is 1. The number of rotatable bonds is 6. The molecule has 1 amide bonds. The summed E-state index contributed by atoms with van der Waals surface area (Å²) in [5, 5.41) is 1.73. The summed E-state index contributed by atoms with van der Waals surface area (Å²) in [7, 11) is 1.61. The Bertz CT molecular complexity index is 1100. The van der Waals surface area contributed by atoms with E-state index in [2.05, 4.69) is 4.98 Å². The number of hydrogen-bond acceptors (Lipinski definition) is 5. The van der Waals surface area contributed by atoms with Gasteiger partial charge in [-0.2, -0.15) is 0 Å². The predicted octanol–water partition coefficient (Wildman–Crippen LogP) is 3.45. The highest BCUT2D eigenvalue weighted by Crippen LogP contribution is 2.30. The minimum absolute atomic E-state index is 0.0624. The van der Waals surface area contributed by atoms with Crippen molar-refractivity contribution in [1.82, 2.24) is 9.88 Å². The molecule has 1 aromatic heterocycles. The van der Waals surface area contributed by atoms with Crippen LogP contribution in [-0.2, 0) is 9.53 Å². The van der Waals surface area contributed by atoms with Crippen LogP contribution in [-0.4, -0.2) is 54.3 Å². The van der Waals surface area contributed by atoms with Gasteiger partial charge in [0.15, 0.2) is 6.61 Å². The molecule has 0 bridgehead atoms. The van der Waals surface area contributed by atoms with Crippen LogP contribution in [0.1, 0.15) is 33.7 Å². The third-order valence-corrected chi connectivity index (χ3v) is 5.69. The normalized spacial score (nSPS) is 14.4. The van der Waals surface area contributed by atoms with Crippen molar-refractivity contribution in [2.45, 2.75) is 12.8 Å². The molecule has 0 atom stereocenters. The average Bonchev–Trinajstić information content (AvgIpc) is 3.36. The molecule has 3 aromatic rings. The third kappa shape index (κ3) is 4.30. The van der Waals surface area contributed by atoms with Crippen LogP contribution >= 0.6 is 0 Å². The summed E-state index contributed by atoms with van der Waals surface area (Å²) in [5.74, 6) is -0.303. The van der Waals surface area contributed by atoms with Gasteiger partial charge in [0, 0.05) is 30.2 Å². The maximum absolute atomic E-state index is 13.2. The van der Waals surface area contributed by atoms with Gasteiger partial charge in [0.25, 0.3) is 5.91 Å². The molecule has 0 saturated carbocycles. The minimum atomic E-state index is -0.387. The Morgan fingerprint density at radius 2 is 1.74 bits per heavy atom. The molecular weight excluding hydrogens is 396 g/mol. The fourth-order valence-corrected chi connectivity index (χ4v) is 3.96. The number of nitrogens with zero attached hydrogens (tertiary/aromatic N) is 1. The molecule has 0 radical (unpaired) electrons. The van der Waals surface area contributed by atoms with Gasteiger partial charge >= 0.3 is 5.97 Å². The first kappa shape index (κ1) is 20.7. The Kier molecular flexibility index (Phi) is 6.02. The molecule has 1 saturated heterocycles. The van der Waals surface area contributed by atoms with Gasteiger partial charge in [0.05, 0.1) is 18.7 Å². The van der Waals surface area contributed by atoms with Crippen LogP contribution < -0.4 is 4.74 Å². The first-order valence-electron chi connectivity index (χ1n) is 10.3. The van der Waals surface area contributed by atoms with Crippen LogP contribution in [0.2, 0.25) is 0 Å². The maximum atomic E-state index is 13.2. The SMILES string of the molecule is COc1ccc(C(=O)N2CCC(C(=O)OCC(=O)c3ccc[nH]3)CC2)c2ccccc12. The lowest BCUT2D eigenvalue weighted by molar-refractivity contribution is -0.148. The summed E-state index contributed by atoms with van der Waals surface area (Å²) in [4.78, 5) is 42.1. The number of carbonyl (C=O) groups excluding carboxylic acids is 3. The Morgan fingerprint density at radius 3 is 2.42 bits per heavy atom. The Hall–Kier alpha value is -3.61. The van der Waals surface area contributed by atoms with Crippen molar-refractivity contribution in [2.75, 3.05) is 26.8 Å². The van der Waals surface area contributed by atoms with E-state index < -0.39 is 0 Å². The fourth-order valence-electron chi connectivity index (χ4n) is 3.96.